The molecule has 5 heteroatoms. The lowest BCUT2D eigenvalue weighted by Gasteiger charge is -2.19. The van der Waals surface area contributed by atoms with Gasteiger partial charge in [-0.3, -0.25) is 14.4 Å². The summed E-state index contributed by atoms with van der Waals surface area (Å²) in [6, 6.07) is 14.9. The van der Waals surface area contributed by atoms with Gasteiger partial charge in [-0.2, -0.15) is 0 Å². The van der Waals surface area contributed by atoms with Gasteiger partial charge in [0, 0.05) is 31.4 Å². The molecule has 0 atom stereocenters. The molecular weight excluding hydrogens is 352 g/mol. The third-order valence-electron chi connectivity index (χ3n) is 4.94. The molecule has 0 aromatic heterocycles. The number of amides is 2. The minimum Gasteiger partial charge on any atom is -0.324 e. The van der Waals surface area contributed by atoms with Crippen molar-refractivity contribution in [2.24, 2.45) is 0 Å². The summed E-state index contributed by atoms with van der Waals surface area (Å²) in [6.45, 7) is 2.79. The van der Waals surface area contributed by atoms with E-state index < -0.39 is 0 Å². The molecule has 2 amide bonds. The zero-order valence-corrected chi connectivity index (χ0v) is 16.2. The molecule has 0 bridgehead atoms. The minimum absolute atomic E-state index is 0.0406. The topological polar surface area (TPSA) is 66.5 Å². The Labute approximate surface area is 165 Å². The molecule has 0 spiro atoms. The number of hydrogen-bond donors (Lipinski definition) is 1. The monoisotopic (exact) mass is 378 g/mol. The average molecular weight is 378 g/mol. The number of benzene rings is 2. The number of aryl methyl sites for hydroxylation is 1. The summed E-state index contributed by atoms with van der Waals surface area (Å²) >= 11 is 0. The van der Waals surface area contributed by atoms with E-state index in [1.807, 2.05) is 42.5 Å². The first-order chi connectivity index (χ1) is 13.6. The quantitative estimate of drug-likeness (QED) is 0.694. The predicted octanol–water partition coefficient (Wildman–Crippen LogP) is 4.37. The van der Waals surface area contributed by atoms with Gasteiger partial charge in [0.1, 0.15) is 0 Å². The number of nitrogens with one attached hydrogen (secondary N) is 1. The Morgan fingerprint density at radius 1 is 1.04 bits per heavy atom. The Balaban J connectivity index is 1.57. The molecule has 2 aromatic carbocycles. The zero-order valence-electron chi connectivity index (χ0n) is 16.2. The second-order valence-electron chi connectivity index (χ2n) is 7.08. The second kappa shape index (κ2) is 9.31. The van der Waals surface area contributed by atoms with E-state index in [1.54, 1.807) is 11.0 Å². The summed E-state index contributed by atoms with van der Waals surface area (Å²) in [5.74, 6) is -0.195. The van der Waals surface area contributed by atoms with Gasteiger partial charge in [0.25, 0.3) is 0 Å². The molecule has 5 nitrogen and oxygen atoms in total. The summed E-state index contributed by atoms with van der Waals surface area (Å²) in [7, 11) is 0. The van der Waals surface area contributed by atoms with Crippen molar-refractivity contribution in [3.05, 3.63) is 59.7 Å². The normalized spacial score (nSPS) is 13.6. The van der Waals surface area contributed by atoms with Crippen LogP contribution in [0.25, 0.3) is 0 Å². The van der Waals surface area contributed by atoms with Gasteiger partial charge in [0.2, 0.25) is 11.8 Å². The lowest BCUT2D eigenvalue weighted by atomic mass is 10.0. The van der Waals surface area contributed by atoms with Crippen LogP contribution in [0, 0.1) is 0 Å². The van der Waals surface area contributed by atoms with E-state index in [0.29, 0.717) is 24.2 Å². The van der Waals surface area contributed by atoms with E-state index in [2.05, 4.69) is 12.2 Å². The third kappa shape index (κ3) is 4.85. The largest absolute Gasteiger partial charge is 0.324 e. The Morgan fingerprint density at radius 2 is 1.79 bits per heavy atom. The smallest absolute Gasteiger partial charge is 0.227 e. The molecule has 0 aliphatic carbocycles. The number of carbonyl (C=O) groups is 3. The molecule has 1 aliphatic rings. The highest BCUT2D eigenvalue weighted by Gasteiger charge is 2.24. The molecule has 0 unspecified atom stereocenters. The molecule has 1 aliphatic heterocycles. The van der Waals surface area contributed by atoms with Gasteiger partial charge in [-0.25, -0.2) is 0 Å². The lowest BCUT2D eigenvalue weighted by Crippen LogP contribution is -2.25. The van der Waals surface area contributed by atoms with Crippen molar-refractivity contribution in [2.45, 2.75) is 45.4 Å². The van der Waals surface area contributed by atoms with Crippen molar-refractivity contribution in [1.82, 2.24) is 0 Å². The van der Waals surface area contributed by atoms with Crippen LogP contribution in [0.3, 0.4) is 0 Å². The number of ketones is 1. The van der Waals surface area contributed by atoms with Crippen LogP contribution in [-0.4, -0.2) is 24.1 Å². The Hall–Kier alpha value is -2.95. The number of para-hydroxylation sites is 2. The van der Waals surface area contributed by atoms with Crippen LogP contribution in [0.4, 0.5) is 11.4 Å². The molecule has 1 N–H and O–H groups in total. The average Bonchev–Trinajstić information content (AvgIpc) is 3.13. The number of anilines is 2. The first-order valence-corrected chi connectivity index (χ1v) is 9.90. The molecule has 1 heterocycles. The number of hydrogen-bond acceptors (Lipinski definition) is 3. The standard InChI is InChI=1S/C23H26N2O3/c1-2-6-17-10-12-18(13-11-17)21(26)14-15-22(27)24-19-7-3-4-8-20(19)25-16-5-9-23(25)28/h3-4,7-8,10-13H,2,5-6,9,14-16H2,1H3,(H,24,27). The highest BCUT2D eigenvalue weighted by atomic mass is 16.2. The van der Waals surface area contributed by atoms with E-state index in [0.717, 1.165) is 24.9 Å². The van der Waals surface area contributed by atoms with Crippen LogP contribution in [0.5, 0.6) is 0 Å². The zero-order chi connectivity index (χ0) is 19.9. The van der Waals surface area contributed by atoms with Gasteiger partial charge >= 0.3 is 0 Å². The molecule has 3 rings (SSSR count). The maximum absolute atomic E-state index is 12.4. The third-order valence-corrected chi connectivity index (χ3v) is 4.94. The minimum atomic E-state index is -0.227. The SMILES string of the molecule is CCCc1ccc(C(=O)CCC(=O)Nc2ccccc2N2CCCC2=O)cc1. The van der Waals surface area contributed by atoms with Crippen molar-refractivity contribution < 1.29 is 14.4 Å². The van der Waals surface area contributed by atoms with Crippen LogP contribution in [0.15, 0.2) is 48.5 Å². The fourth-order valence-corrected chi connectivity index (χ4v) is 3.45. The van der Waals surface area contributed by atoms with E-state index in [4.69, 9.17) is 0 Å². The number of Topliss-reactive ketones (excluding diaryl/α,β-unsaturated/α-hetero) is 1. The summed E-state index contributed by atoms with van der Waals surface area (Å²) in [5.41, 5.74) is 3.18. The molecule has 0 saturated carbocycles. The van der Waals surface area contributed by atoms with Crippen molar-refractivity contribution in [3.8, 4) is 0 Å². The second-order valence-corrected chi connectivity index (χ2v) is 7.08. The Morgan fingerprint density at radius 3 is 2.46 bits per heavy atom. The van der Waals surface area contributed by atoms with E-state index in [-0.39, 0.29) is 30.4 Å². The summed E-state index contributed by atoms with van der Waals surface area (Å²) < 4.78 is 0. The highest BCUT2D eigenvalue weighted by molar-refractivity contribution is 6.03. The first-order valence-electron chi connectivity index (χ1n) is 9.90. The van der Waals surface area contributed by atoms with Crippen molar-refractivity contribution in [3.63, 3.8) is 0 Å². The molecule has 146 valence electrons. The van der Waals surface area contributed by atoms with Crippen molar-refractivity contribution in [2.75, 3.05) is 16.8 Å². The highest BCUT2D eigenvalue weighted by Crippen LogP contribution is 2.29. The van der Waals surface area contributed by atoms with Crippen molar-refractivity contribution >= 4 is 29.0 Å². The number of carbonyl (C=O) groups excluding carboxylic acids is 3. The summed E-state index contributed by atoms with van der Waals surface area (Å²) in [6.07, 6.45) is 3.69. The fourth-order valence-electron chi connectivity index (χ4n) is 3.45. The lowest BCUT2D eigenvalue weighted by molar-refractivity contribution is -0.117. The van der Waals surface area contributed by atoms with Gasteiger partial charge in [0.15, 0.2) is 5.78 Å². The Kier molecular flexibility index (Phi) is 6.58. The van der Waals surface area contributed by atoms with Crippen LogP contribution in [0.1, 0.15) is 54.9 Å². The van der Waals surface area contributed by atoms with Crippen LogP contribution < -0.4 is 10.2 Å². The number of rotatable bonds is 8. The van der Waals surface area contributed by atoms with Crippen molar-refractivity contribution in [1.29, 1.82) is 0 Å². The molecule has 1 saturated heterocycles. The number of nitrogens with zero attached hydrogens (tertiary/aromatic N) is 1. The van der Waals surface area contributed by atoms with Gasteiger partial charge in [-0.1, -0.05) is 49.7 Å². The molecule has 28 heavy (non-hydrogen) atoms. The maximum Gasteiger partial charge on any atom is 0.227 e. The molecule has 0 radical (unpaired) electrons. The van der Waals surface area contributed by atoms with Gasteiger partial charge in [-0.05, 0) is 30.5 Å². The van der Waals surface area contributed by atoms with Gasteiger partial charge in [-0.15, -0.1) is 0 Å². The Bertz CT molecular complexity index is 858. The van der Waals surface area contributed by atoms with Crippen LogP contribution in [-0.2, 0) is 16.0 Å². The first kappa shape index (κ1) is 19.8. The van der Waals surface area contributed by atoms with Crippen LogP contribution >= 0.6 is 0 Å². The maximum atomic E-state index is 12.4. The van der Waals surface area contributed by atoms with Gasteiger partial charge in [0.05, 0.1) is 11.4 Å². The molecular formula is C23H26N2O3. The molecule has 2 aromatic rings. The van der Waals surface area contributed by atoms with Crippen LogP contribution in [0.2, 0.25) is 0 Å². The summed E-state index contributed by atoms with van der Waals surface area (Å²) in [4.78, 5) is 38.5. The predicted molar refractivity (Wildman–Crippen MR) is 111 cm³/mol. The fraction of sp³-hybridized carbons (Fsp3) is 0.348. The van der Waals surface area contributed by atoms with E-state index in [1.165, 1.54) is 5.56 Å². The van der Waals surface area contributed by atoms with E-state index >= 15 is 0 Å². The molecule has 1 fully saturated rings. The summed E-state index contributed by atoms with van der Waals surface area (Å²) in [5, 5.41) is 2.86. The van der Waals surface area contributed by atoms with E-state index in [9.17, 15) is 14.4 Å². The van der Waals surface area contributed by atoms with Gasteiger partial charge < -0.3 is 10.2 Å².